The number of phenolic OH excluding ortho intramolecular Hbond substituents is 3. The van der Waals surface area contributed by atoms with E-state index < -0.39 is 0 Å². The first-order valence-electron chi connectivity index (χ1n) is 5.60. The number of benzene rings is 2. The molecule has 0 aliphatic carbocycles. The highest BCUT2D eigenvalue weighted by Crippen LogP contribution is 2.27. The van der Waals surface area contributed by atoms with Gasteiger partial charge in [-0.15, -0.1) is 0 Å². The first-order valence-corrected chi connectivity index (χ1v) is 5.60. The number of aromatic hydroxyl groups is 3. The van der Waals surface area contributed by atoms with Gasteiger partial charge in [0.15, 0.2) is 5.78 Å². The monoisotopic (exact) mass is 256 g/mol. The highest BCUT2D eigenvalue weighted by atomic mass is 16.3. The van der Waals surface area contributed by atoms with Gasteiger partial charge in [-0.2, -0.15) is 0 Å². The second kappa shape index (κ2) is 5.27. The molecule has 0 saturated carbocycles. The Balaban J connectivity index is 2.23. The van der Waals surface area contributed by atoms with Crippen LogP contribution in [0.4, 0.5) is 0 Å². The van der Waals surface area contributed by atoms with Crippen molar-refractivity contribution in [3.05, 3.63) is 59.7 Å². The van der Waals surface area contributed by atoms with E-state index in [-0.39, 0.29) is 28.6 Å². The average Bonchev–Trinajstić information content (AvgIpc) is 2.38. The second-order valence-corrected chi connectivity index (χ2v) is 3.95. The van der Waals surface area contributed by atoms with Gasteiger partial charge in [-0.25, -0.2) is 0 Å². The maximum atomic E-state index is 11.8. The molecule has 0 aliphatic heterocycles. The normalized spacial score (nSPS) is 10.7. The Morgan fingerprint density at radius 1 is 0.895 bits per heavy atom. The third-order valence-corrected chi connectivity index (χ3v) is 2.61. The van der Waals surface area contributed by atoms with Gasteiger partial charge in [0.2, 0.25) is 0 Å². The maximum absolute atomic E-state index is 11.8. The zero-order chi connectivity index (χ0) is 13.8. The molecule has 2 rings (SSSR count). The molecule has 19 heavy (non-hydrogen) atoms. The summed E-state index contributed by atoms with van der Waals surface area (Å²) in [6.45, 7) is 0. The summed E-state index contributed by atoms with van der Waals surface area (Å²) in [5, 5.41) is 28.2. The fourth-order valence-corrected chi connectivity index (χ4v) is 1.59. The van der Waals surface area contributed by atoms with E-state index in [1.165, 1.54) is 54.6 Å². The van der Waals surface area contributed by atoms with Crippen molar-refractivity contribution in [3.63, 3.8) is 0 Å². The van der Waals surface area contributed by atoms with E-state index in [0.717, 1.165) is 0 Å². The minimum Gasteiger partial charge on any atom is -0.508 e. The lowest BCUT2D eigenvalue weighted by atomic mass is 10.1. The molecule has 3 N–H and O–H groups in total. The van der Waals surface area contributed by atoms with Crippen molar-refractivity contribution in [1.82, 2.24) is 0 Å². The Morgan fingerprint density at radius 2 is 1.47 bits per heavy atom. The topological polar surface area (TPSA) is 77.8 Å². The molecule has 0 unspecified atom stereocenters. The number of allylic oxidation sites excluding steroid dienone is 1. The summed E-state index contributed by atoms with van der Waals surface area (Å²) in [7, 11) is 0. The van der Waals surface area contributed by atoms with Gasteiger partial charge in [0, 0.05) is 5.56 Å². The molecular weight excluding hydrogens is 244 g/mol. The van der Waals surface area contributed by atoms with Crippen LogP contribution in [0.5, 0.6) is 17.2 Å². The molecule has 0 atom stereocenters. The minimum atomic E-state index is -0.289. The molecular formula is C15H12O4. The number of phenols is 3. The number of carbonyl (C=O) groups is 1. The molecule has 2 aromatic carbocycles. The third-order valence-electron chi connectivity index (χ3n) is 2.61. The number of ketones is 1. The first kappa shape index (κ1) is 12.7. The van der Waals surface area contributed by atoms with Crippen LogP contribution >= 0.6 is 0 Å². The van der Waals surface area contributed by atoms with Gasteiger partial charge >= 0.3 is 0 Å². The van der Waals surface area contributed by atoms with E-state index in [2.05, 4.69) is 0 Å². The second-order valence-electron chi connectivity index (χ2n) is 3.95. The highest BCUT2D eigenvalue weighted by Gasteiger charge is 2.05. The summed E-state index contributed by atoms with van der Waals surface area (Å²) >= 11 is 0. The SMILES string of the molecule is O=C(C=Cc1c(O)cccc1O)c1ccc(O)cc1. The Bertz CT molecular complexity index is 607. The van der Waals surface area contributed by atoms with E-state index >= 15 is 0 Å². The number of hydrogen-bond acceptors (Lipinski definition) is 4. The quantitative estimate of drug-likeness (QED) is 0.583. The molecule has 0 heterocycles. The van der Waals surface area contributed by atoms with Crippen LogP contribution in [-0.2, 0) is 0 Å². The standard InChI is InChI=1S/C15H12O4/c16-11-6-4-10(5-7-11)13(17)9-8-12-14(18)2-1-3-15(12)19/h1-9,16,18-19H. The lowest BCUT2D eigenvalue weighted by Crippen LogP contribution is -1.93. The molecule has 2 aromatic rings. The lowest BCUT2D eigenvalue weighted by Gasteiger charge is -2.01. The van der Waals surface area contributed by atoms with Crippen LogP contribution < -0.4 is 0 Å². The van der Waals surface area contributed by atoms with Crippen LogP contribution in [0, 0.1) is 0 Å². The van der Waals surface area contributed by atoms with Gasteiger partial charge in [0.1, 0.15) is 17.2 Å². The summed E-state index contributed by atoms with van der Waals surface area (Å²) < 4.78 is 0. The summed E-state index contributed by atoms with van der Waals surface area (Å²) in [4.78, 5) is 11.8. The van der Waals surface area contributed by atoms with Crippen molar-refractivity contribution in [1.29, 1.82) is 0 Å². The van der Waals surface area contributed by atoms with Crippen molar-refractivity contribution in [3.8, 4) is 17.2 Å². The van der Waals surface area contributed by atoms with Crippen LogP contribution in [0.1, 0.15) is 15.9 Å². The van der Waals surface area contributed by atoms with Crippen LogP contribution in [0.2, 0.25) is 0 Å². The smallest absolute Gasteiger partial charge is 0.185 e. The predicted molar refractivity (Wildman–Crippen MR) is 71.2 cm³/mol. The van der Waals surface area contributed by atoms with Crippen LogP contribution in [0.25, 0.3) is 6.08 Å². The maximum Gasteiger partial charge on any atom is 0.185 e. The van der Waals surface area contributed by atoms with E-state index in [4.69, 9.17) is 5.11 Å². The molecule has 0 saturated heterocycles. The highest BCUT2D eigenvalue weighted by molar-refractivity contribution is 6.07. The Kier molecular flexibility index (Phi) is 3.52. The molecule has 0 amide bonds. The minimum absolute atomic E-state index is 0.0823. The Hall–Kier alpha value is -2.75. The summed E-state index contributed by atoms with van der Waals surface area (Å²) in [5.74, 6) is -0.411. The average molecular weight is 256 g/mol. The molecule has 0 spiro atoms. The Morgan fingerprint density at radius 3 is 2.05 bits per heavy atom. The van der Waals surface area contributed by atoms with Crippen LogP contribution in [0.15, 0.2) is 48.5 Å². The van der Waals surface area contributed by atoms with E-state index in [9.17, 15) is 15.0 Å². The fraction of sp³-hybridized carbons (Fsp3) is 0. The van der Waals surface area contributed by atoms with Gasteiger partial charge in [-0.1, -0.05) is 6.07 Å². The summed E-state index contributed by atoms with van der Waals surface area (Å²) in [5.41, 5.74) is 0.596. The van der Waals surface area contributed by atoms with Crippen LogP contribution in [-0.4, -0.2) is 21.1 Å². The molecule has 4 nitrogen and oxygen atoms in total. The number of carbonyl (C=O) groups excluding carboxylic acids is 1. The third kappa shape index (κ3) is 2.93. The molecule has 96 valence electrons. The van der Waals surface area contributed by atoms with Crippen molar-refractivity contribution in [2.75, 3.05) is 0 Å². The van der Waals surface area contributed by atoms with E-state index in [1.807, 2.05) is 0 Å². The van der Waals surface area contributed by atoms with Crippen molar-refractivity contribution in [2.45, 2.75) is 0 Å². The zero-order valence-electron chi connectivity index (χ0n) is 9.95. The number of rotatable bonds is 3. The molecule has 0 aromatic heterocycles. The molecule has 0 fully saturated rings. The molecule has 4 heteroatoms. The van der Waals surface area contributed by atoms with Crippen LogP contribution in [0.3, 0.4) is 0 Å². The van der Waals surface area contributed by atoms with Gasteiger partial charge in [0.25, 0.3) is 0 Å². The van der Waals surface area contributed by atoms with Gasteiger partial charge < -0.3 is 15.3 Å². The molecule has 0 aliphatic rings. The lowest BCUT2D eigenvalue weighted by molar-refractivity contribution is 0.104. The largest absolute Gasteiger partial charge is 0.508 e. The molecule has 0 bridgehead atoms. The van der Waals surface area contributed by atoms with E-state index in [1.54, 1.807) is 0 Å². The number of hydrogen-bond donors (Lipinski definition) is 3. The molecule has 0 radical (unpaired) electrons. The van der Waals surface area contributed by atoms with Crippen molar-refractivity contribution in [2.24, 2.45) is 0 Å². The Labute approximate surface area is 109 Å². The van der Waals surface area contributed by atoms with Gasteiger partial charge in [0.05, 0.1) is 5.56 Å². The summed E-state index contributed by atoms with van der Waals surface area (Å²) in [6.07, 6.45) is 2.60. The zero-order valence-corrected chi connectivity index (χ0v) is 9.95. The van der Waals surface area contributed by atoms with E-state index in [0.29, 0.717) is 5.56 Å². The first-order chi connectivity index (χ1) is 9.08. The predicted octanol–water partition coefficient (Wildman–Crippen LogP) is 2.70. The summed E-state index contributed by atoms with van der Waals surface area (Å²) in [6, 6.07) is 10.2. The van der Waals surface area contributed by atoms with Crippen molar-refractivity contribution >= 4 is 11.9 Å². The van der Waals surface area contributed by atoms with Crippen molar-refractivity contribution < 1.29 is 20.1 Å². The van der Waals surface area contributed by atoms with Gasteiger partial charge in [-0.3, -0.25) is 4.79 Å². The van der Waals surface area contributed by atoms with Gasteiger partial charge in [-0.05, 0) is 48.6 Å². The fourth-order valence-electron chi connectivity index (χ4n) is 1.59.